The van der Waals surface area contributed by atoms with Crippen molar-refractivity contribution in [2.75, 3.05) is 20.6 Å². The van der Waals surface area contributed by atoms with E-state index in [2.05, 4.69) is 12.2 Å². The molecule has 0 aromatic rings. The molecule has 12 nitrogen and oxygen atoms in total. The van der Waals surface area contributed by atoms with Crippen molar-refractivity contribution in [3.8, 4) is 0 Å². The number of rotatable bonds is 8. The van der Waals surface area contributed by atoms with E-state index in [0.29, 0.717) is 25.8 Å². The van der Waals surface area contributed by atoms with Gasteiger partial charge in [0.1, 0.15) is 30.3 Å². The Morgan fingerprint density at radius 1 is 0.729 bits per heavy atom. The van der Waals surface area contributed by atoms with Gasteiger partial charge in [0, 0.05) is 20.6 Å². The van der Waals surface area contributed by atoms with Gasteiger partial charge in [-0.15, -0.1) is 0 Å². The second-order valence-electron chi connectivity index (χ2n) is 15.1. The molecule has 4 amide bonds. The summed E-state index contributed by atoms with van der Waals surface area (Å²) in [6, 6.07) is -3.83. The number of nitrogens with zero attached hydrogens (tertiary/aromatic N) is 3. The number of nitrogens with one attached hydrogen (secondary N) is 1. The fraction of sp³-hybridized carbons (Fsp3) is 0.833. The lowest BCUT2D eigenvalue weighted by atomic mass is 9.94. The second kappa shape index (κ2) is 18.0. The van der Waals surface area contributed by atoms with Crippen LogP contribution in [0, 0.1) is 29.6 Å². The molecule has 2 rings (SSSR count). The fourth-order valence-electron chi connectivity index (χ4n) is 6.79. The molecule has 2 aliphatic rings. The highest BCUT2D eigenvalue weighted by atomic mass is 16.6. The van der Waals surface area contributed by atoms with Gasteiger partial charge >= 0.3 is 11.9 Å². The molecule has 2 saturated heterocycles. The maximum absolute atomic E-state index is 14.0. The van der Waals surface area contributed by atoms with Crippen LogP contribution in [0.2, 0.25) is 0 Å². The van der Waals surface area contributed by atoms with Crippen LogP contribution in [0.3, 0.4) is 0 Å². The van der Waals surface area contributed by atoms with Gasteiger partial charge in [0.15, 0.2) is 6.10 Å². The first kappa shape index (κ1) is 41.0. The quantitative estimate of drug-likeness (QED) is 0.302. The SMILES string of the molecule is CCCCCC1OC(=O)C(C(C)C)N(C)C(=O)[C@H]2CCCN2C(=O)C(C(C)C)OC(=O)C(C(C)C)N(C)C(=O)[C@@H](C(C)C)NC(=O)[C@@H]1C. The second-order valence-corrected chi connectivity index (χ2v) is 15.1. The Balaban J connectivity index is 2.71. The van der Waals surface area contributed by atoms with E-state index in [-0.39, 0.29) is 17.8 Å². The maximum Gasteiger partial charge on any atom is 0.329 e. The third kappa shape index (κ3) is 9.71. The van der Waals surface area contributed by atoms with Gasteiger partial charge in [0.05, 0.1) is 5.92 Å². The smallest absolute Gasteiger partial charge is 0.329 e. The summed E-state index contributed by atoms with van der Waals surface area (Å²) >= 11 is 0. The number of fused-ring (bicyclic) bond motifs is 1. The molecule has 0 aromatic heterocycles. The highest BCUT2D eigenvalue weighted by molar-refractivity contribution is 5.95. The minimum Gasteiger partial charge on any atom is -0.460 e. The van der Waals surface area contributed by atoms with Crippen LogP contribution >= 0.6 is 0 Å². The Hall–Kier alpha value is -3.18. The van der Waals surface area contributed by atoms with Crippen molar-refractivity contribution in [2.45, 2.75) is 144 Å². The molecule has 2 aliphatic heterocycles. The first-order valence-electron chi connectivity index (χ1n) is 17.9. The zero-order valence-electron chi connectivity index (χ0n) is 31.4. The van der Waals surface area contributed by atoms with Crippen molar-refractivity contribution >= 4 is 35.6 Å². The molecule has 0 bridgehead atoms. The third-order valence-electron chi connectivity index (χ3n) is 9.75. The third-order valence-corrected chi connectivity index (χ3v) is 9.75. The van der Waals surface area contributed by atoms with Gasteiger partial charge in [-0.3, -0.25) is 19.2 Å². The first-order chi connectivity index (χ1) is 22.4. The zero-order valence-corrected chi connectivity index (χ0v) is 31.4. The van der Waals surface area contributed by atoms with Gasteiger partial charge in [-0.05, 0) is 49.4 Å². The summed E-state index contributed by atoms with van der Waals surface area (Å²) in [4.78, 5) is 87.7. The van der Waals surface area contributed by atoms with Gasteiger partial charge in [0.2, 0.25) is 17.7 Å². The van der Waals surface area contributed by atoms with Crippen molar-refractivity contribution in [1.82, 2.24) is 20.0 Å². The average Bonchev–Trinajstić information content (AvgIpc) is 3.49. The molecule has 1 N–H and O–H groups in total. The number of ether oxygens (including phenoxy) is 2. The maximum atomic E-state index is 14.0. The van der Waals surface area contributed by atoms with E-state index in [4.69, 9.17) is 9.47 Å². The van der Waals surface area contributed by atoms with E-state index in [0.717, 1.165) is 19.3 Å². The van der Waals surface area contributed by atoms with Crippen molar-refractivity contribution in [3.05, 3.63) is 0 Å². The van der Waals surface area contributed by atoms with Crippen molar-refractivity contribution in [1.29, 1.82) is 0 Å². The van der Waals surface area contributed by atoms with Crippen LogP contribution in [0.5, 0.6) is 0 Å². The number of hydrogen-bond donors (Lipinski definition) is 1. The molecule has 0 spiro atoms. The number of amides is 4. The summed E-state index contributed by atoms with van der Waals surface area (Å²) in [6.45, 7) is 18.4. The molecular formula is C36H62N4O8. The average molecular weight is 679 g/mol. The molecular weight excluding hydrogens is 616 g/mol. The molecule has 2 fully saturated rings. The Morgan fingerprint density at radius 3 is 1.77 bits per heavy atom. The Bertz CT molecular complexity index is 1150. The van der Waals surface area contributed by atoms with E-state index >= 15 is 0 Å². The number of carbonyl (C=O) groups excluding carboxylic acids is 6. The van der Waals surface area contributed by atoms with E-state index in [9.17, 15) is 28.8 Å². The molecule has 0 aromatic carbocycles. The number of unbranched alkanes of at least 4 members (excludes halogenated alkanes) is 2. The molecule has 0 aliphatic carbocycles. The summed E-state index contributed by atoms with van der Waals surface area (Å²) < 4.78 is 12.0. The minimum absolute atomic E-state index is 0.299. The summed E-state index contributed by atoms with van der Waals surface area (Å²) in [5.74, 6) is -5.45. The molecule has 48 heavy (non-hydrogen) atoms. The monoisotopic (exact) mass is 678 g/mol. The van der Waals surface area contributed by atoms with Crippen LogP contribution < -0.4 is 5.32 Å². The fourth-order valence-corrected chi connectivity index (χ4v) is 6.79. The largest absolute Gasteiger partial charge is 0.460 e. The summed E-state index contributed by atoms with van der Waals surface area (Å²) in [5, 5.41) is 2.88. The predicted molar refractivity (Wildman–Crippen MR) is 182 cm³/mol. The number of carbonyl (C=O) groups is 6. The summed E-state index contributed by atoms with van der Waals surface area (Å²) in [7, 11) is 3.04. The minimum atomic E-state index is -1.20. The van der Waals surface area contributed by atoms with Crippen LogP contribution in [0.4, 0.5) is 0 Å². The van der Waals surface area contributed by atoms with Gasteiger partial charge in [-0.25, -0.2) is 9.59 Å². The van der Waals surface area contributed by atoms with E-state index in [1.165, 1.54) is 21.7 Å². The molecule has 0 saturated carbocycles. The molecule has 0 radical (unpaired) electrons. The van der Waals surface area contributed by atoms with Crippen LogP contribution in [0.15, 0.2) is 0 Å². The van der Waals surface area contributed by atoms with Crippen molar-refractivity contribution in [3.63, 3.8) is 0 Å². The molecule has 2 heterocycles. The molecule has 274 valence electrons. The topological polar surface area (TPSA) is 143 Å². The Kier molecular flexibility index (Phi) is 15.4. The van der Waals surface area contributed by atoms with Crippen LogP contribution in [-0.2, 0) is 38.2 Å². The van der Waals surface area contributed by atoms with E-state index in [1.54, 1.807) is 55.5 Å². The number of cyclic esters (lactones) is 2. The molecule has 7 atom stereocenters. The number of likely N-dealkylation sites (N-methyl/N-ethyl adjacent to an activating group) is 2. The van der Waals surface area contributed by atoms with Crippen LogP contribution in [0.1, 0.15) is 108 Å². The predicted octanol–water partition coefficient (Wildman–Crippen LogP) is 3.79. The summed E-state index contributed by atoms with van der Waals surface area (Å²) in [5.41, 5.74) is 0. The van der Waals surface area contributed by atoms with Gasteiger partial charge in [-0.2, -0.15) is 0 Å². The first-order valence-corrected chi connectivity index (χ1v) is 17.9. The normalized spacial score (nSPS) is 29.2. The lowest BCUT2D eigenvalue weighted by Gasteiger charge is -2.36. The van der Waals surface area contributed by atoms with Gasteiger partial charge in [-0.1, -0.05) is 82.1 Å². The molecule has 4 unspecified atom stereocenters. The number of hydrogen-bond acceptors (Lipinski definition) is 8. The van der Waals surface area contributed by atoms with Crippen molar-refractivity contribution in [2.24, 2.45) is 29.6 Å². The lowest BCUT2D eigenvalue weighted by molar-refractivity contribution is -0.172. The van der Waals surface area contributed by atoms with Gasteiger partial charge in [0.25, 0.3) is 5.91 Å². The zero-order chi connectivity index (χ0) is 36.6. The lowest BCUT2D eigenvalue weighted by Crippen LogP contribution is -2.57. The van der Waals surface area contributed by atoms with Crippen molar-refractivity contribution < 1.29 is 38.2 Å². The number of esters is 2. The van der Waals surface area contributed by atoms with E-state index < -0.39 is 83.8 Å². The summed E-state index contributed by atoms with van der Waals surface area (Å²) in [6.07, 6.45) is 1.92. The molecule has 12 heteroatoms. The van der Waals surface area contributed by atoms with E-state index in [1.807, 2.05) is 13.8 Å². The highest BCUT2D eigenvalue weighted by Gasteiger charge is 2.45. The van der Waals surface area contributed by atoms with Crippen LogP contribution in [-0.4, -0.2) is 107 Å². The van der Waals surface area contributed by atoms with Crippen LogP contribution in [0.25, 0.3) is 0 Å². The van der Waals surface area contributed by atoms with Gasteiger partial charge < -0.3 is 29.5 Å². The Morgan fingerprint density at radius 2 is 1.27 bits per heavy atom. The highest BCUT2D eigenvalue weighted by Crippen LogP contribution is 2.27. The standard InChI is InChI=1S/C36H62N4O8/c1-13-14-15-18-26-24(10)31(41)37-27(20(2)3)33(43)39(12)29(22(6)7)36(46)48-30(23(8)9)34(44)40-19-16-17-25(40)32(42)38(11)28(21(4)5)35(45)47-26/h20-30H,13-19H2,1-12H3,(H,37,41)/t24-,25-,26?,27-,28?,29?,30?/m1/s1. The Labute approximate surface area is 288 Å².